The summed E-state index contributed by atoms with van der Waals surface area (Å²) in [4.78, 5) is 15.6. The van der Waals surface area contributed by atoms with Crippen molar-refractivity contribution in [3.05, 3.63) is 23.8 Å². The van der Waals surface area contributed by atoms with Crippen molar-refractivity contribution in [1.82, 2.24) is 4.90 Å². The number of carbonyl (C=O) groups is 1. The van der Waals surface area contributed by atoms with Crippen LogP contribution in [0.4, 0.5) is 0 Å². The SMILES string of the molecule is COc1ccc(C(=O)O[C@@H]2CC[C@@]3(C)[C@H]4CC[C@@H]5[C@]6(O)C[C@H](O)[C@]7(O)[C@H](CN8C[C@H](C)CC[C@@H]8[C@]7(C)O)[C@@]6(O)C[C@]53O[C@@]24O)cc1OC. The zero-order chi connectivity index (χ0) is 34.4. The fourth-order valence-corrected chi connectivity index (χ4v) is 12.6. The molecule has 0 aromatic heterocycles. The summed E-state index contributed by atoms with van der Waals surface area (Å²) in [5.41, 5.74) is -9.44. The van der Waals surface area contributed by atoms with Crippen molar-refractivity contribution in [3.63, 3.8) is 0 Å². The van der Waals surface area contributed by atoms with Crippen molar-refractivity contribution in [2.45, 2.75) is 124 Å². The van der Waals surface area contributed by atoms with Crippen molar-refractivity contribution < 1.29 is 54.4 Å². The van der Waals surface area contributed by atoms with E-state index in [1.807, 2.05) is 6.92 Å². The molecule has 0 unspecified atom stereocenters. The van der Waals surface area contributed by atoms with Crippen molar-refractivity contribution >= 4 is 5.97 Å². The highest BCUT2D eigenvalue weighted by Crippen LogP contribution is 2.78. The molecule has 3 aliphatic heterocycles. The molecule has 3 heterocycles. The Kier molecular flexibility index (Phi) is 6.94. The minimum absolute atomic E-state index is 0.101. The van der Waals surface area contributed by atoms with Gasteiger partial charge in [0.05, 0.1) is 31.5 Å². The third-order valence-corrected chi connectivity index (χ3v) is 14.9. The first kappa shape index (κ1) is 33.1. The van der Waals surface area contributed by atoms with Crippen LogP contribution in [0.25, 0.3) is 0 Å². The summed E-state index contributed by atoms with van der Waals surface area (Å²) in [7, 11) is 2.97. The first-order valence-corrected chi connectivity index (χ1v) is 17.6. The third kappa shape index (κ3) is 3.66. The van der Waals surface area contributed by atoms with Gasteiger partial charge in [0.15, 0.2) is 17.6 Å². The Balaban J connectivity index is 1.16. The molecule has 1 aromatic carbocycles. The summed E-state index contributed by atoms with van der Waals surface area (Å²) in [6.07, 6.45) is 0.172. The van der Waals surface area contributed by atoms with Gasteiger partial charge in [0, 0.05) is 55.1 Å². The van der Waals surface area contributed by atoms with Gasteiger partial charge >= 0.3 is 5.97 Å². The lowest BCUT2D eigenvalue weighted by molar-refractivity contribution is -0.354. The van der Waals surface area contributed by atoms with Gasteiger partial charge in [0.25, 0.3) is 0 Å². The standard InChI is InChI=1S/C36H51NO11/c1-19-6-11-26-31(3,40)35(43)25(17-37(26)16-19)33(42)18-34-24(32(33,41)15-27(35)38)10-9-23-30(34,2)13-12-28(36(23,44)48-34)47-29(39)20-7-8-21(45-4)22(14-20)46-5/h7-8,14,19,23-28,38,40-44H,6,9-13,15-18H2,1-5H3/t19-,23-,24-,25-,26-,27+,28-,30+,31+,32-,33+,34+,35-,36-/m1/s1. The van der Waals surface area contributed by atoms with Crippen LogP contribution in [0.1, 0.15) is 82.5 Å². The Morgan fingerprint density at radius 2 is 1.60 bits per heavy atom. The van der Waals surface area contributed by atoms with Gasteiger partial charge in [0.2, 0.25) is 5.79 Å². The highest BCUT2D eigenvalue weighted by molar-refractivity contribution is 5.90. The molecule has 1 aromatic rings. The largest absolute Gasteiger partial charge is 0.493 e. The van der Waals surface area contributed by atoms with Crippen LogP contribution in [-0.4, -0.2) is 121 Å². The molecule has 4 bridgehead atoms. The molecule has 6 N–H and O–H groups in total. The number of rotatable bonds is 4. The first-order valence-electron chi connectivity index (χ1n) is 17.6. The Morgan fingerprint density at radius 3 is 2.31 bits per heavy atom. The second-order valence-corrected chi connectivity index (χ2v) is 16.8. The Hall–Kier alpha value is -2.03. The van der Waals surface area contributed by atoms with Gasteiger partial charge in [-0.1, -0.05) is 13.8 Å². The number of aliphatic hydroxyl groups is 6. The van der Waals surface area contributed by atoms with E-state index in [1.165, 1.54) is 20.3 Å². The van der Waals surface area contributed by atoms with Gasteiger partial charge in [-0.25, -0.2) is 4.79 Å². The number of benzene rings is 1. The van der Waals surface area contributed by atoms with Crippen LogP contribution in [0.3, 0.4) is 0 Å². The van der Waals surface area contributed by atoms with Gasteiger partial charge in [-0.15, -0.1) is 0 Å². The fraction of sp³-hybridized carbons (Fsp3) is 0.806. The van der Waals surface area contributed by atoms with E-state index < -0.39 is 81.2 Å². The molecule has 0 radical (unpaired) electrons. The lowest BCUT2D eigenvalue weighted by Crippen LogP contribution is -2.85. The average Bonchev–Trinajstić information content (AvgIpc) is 3.21. The van der Waals surface area contributed by atoms with Crippen LogP contribution in [-0.2, 0) is 9.47 Å². The predicted molar refractivity (Wildman–Crippen MR) is 169 cm³/mol. The van der Waals surface area contributed by atoms with Crippen LogP contribution in [0.2, 0.25) is 0 Å². The number of piperidine rings is 2. The third-order valence-electron chi connectivity index (χ3n) is 14.9. The van der Waals surface area contributed by atoms with E-state index in [1.54, 1.807) is 19.1 Å². The summed E-state index contributed by atoms with van der Waals surface area (Å²) < 4.78 is 23.5. The van der Waals surface area contributed by atoms with Crippen molar-refractivity contribution in [2.75, 3.05) is 27.3 Å². The van der Waals surface area contributed by atoms with Gasteiger partial charge in [-0.3, -0.25) is 4.90 Å². The van der Waals surface area contributed by atoms with Gasteiger partial charge in [-0.05, 0) is 69.6 Å². The lowest BCUT2D eigenvalue weighted by Gasteiger charge is -2.68. The summed E-state index contributed by atoms with van der Waals surface area (Å²) in [6, 6.07) is 4.28. The van der Waals surface area contributed by atoms with Crippen molar-refractivity contribution in [2.24, 2.45) is 29.1 Å². The number of ether oxygens (including phenoxy) is 4. The monoisotopic (exact) mass is 673 g/mol. The first-order chi connectivity index (χ1) is 22.5. The molecule has 1 spiro atoms. The maximum atomic E-state index is 13.5. The second-order valence-electron chi connectivity index (χ2n) is 16.8. The van der Waals surface area contributed by atoms with E-state index >= 15 is 0 Å². The smallest absolute Gasteiger partial charge is 0.338 e. The molecule has 266 valence electrons. The summed E-state index contributed by atoms with van der Waals surface area (Å²) >= 11 is 0. The summed E-state index contributed by atoms with van der Waals surface area (Å²) in [5, 5.41) is 74.7. The molecule has 48 heavy (non-hydrogen) atoms. The van der Waals surface area contributed by atoms with Crippen LogP contribution >= 0.6 is 0 Å². The Bertz CT molecular complexity index is 1520. The van der Waals surface area contributed by atoms with E-state index in [9.17, 15) is 35.4 Å². The number of hydrogen-bond acceptors (Lipinski definition) is 12. The van der Waals surface area contributed by atoms with Gasteiger partial charge < -0.3 is 49.6 Å². The highest BCUT2D eigenvalue weighted by Gasteiger charge is 2.88. The van der Waals surface area contributed by atoms with Crippen molar-refractivity contribution in [1.29, 1.82) is 0 Å². The Morgan fingerprint density at radius 1 is 0.896 bits per heavy atom. The molecule has 12 nitrogen and oxygen atoms in total. The number of nitrogens with zero attached hydrogens (tertiary/aromatic N) is 1. The molecule has 4 aliphatic carbocycles. The zero-order valence-electron chi connectivity index (χ0n) is 28.5. The molecule has 0 amide bonds. The minimum Gasteiger partial charge on any atom is -0.493 e. The van der Waals surface area contributed by atoms with E-state index in [0.717, 1.165) is 6.42 Å². The van der Waals surface area contributed by atoms with E-state index in [0.29, 0.717) is 56.1 Å². The molecule has 3 saturated heterocycles. The number of hydrogen-bond donors (Lipinski definition) is 6. The second kappa shape index (κ2) is 10.1. The van der Waals surface area contributed by atoms with Crippen LogP contribution in [0, 0.1) is 29.1 Å². The maximum absolute atomic E-state index is 13.5. The predicted octanol–water partition coefficient (Wildman–Crippen LogP) is 1.36. The molecule has 12 heteroatoms. The molecule has 7 fully saturated rings. The molecule has 7 aliphatic rings. The molecular formula is C36H51NO11. The van der Waals surface area contributed by atoms with Gasteiger partial charge in [-0.2, -0.15) is 0 Å². The molecule has 8 rings (SSSR count). The van der Waals surface area contributed by atoms with Crippen LogP contribution in [0.5, 0.6) is 11.5 Å². The number of aliphatic hydroxyl groups excluding tert-OH is 1. The summed E-state index contributed by atoms with van der Waals surface area (Å²) in [5.74, 6) is -3.63. The summed E-state index contributed by atoms with van der Waals surface area (Å²) in [6.45, 7) is 6.57. The normalized spacial score (nSPS) is 53.6. The number of carbonyl (C=O) groups excluding carboxylic acids is 1. The number of esters is 1. The van der Waals surface area contributed by atoms with E-state index in [-0.39, 0.29) is 24.9 Å². The Labute approximate surface area is 280 Å². The maximum Gasteiger partial charge on any atom is 0.338 e. The van der Waals surface area contributed by atoms with Crippen LogP contribution < -0.4 is 9.47 Å². The molecule has 14 atom stereocenters. The van der Waals surface area contributed by atoms with E-state index in [2.05, 4.69) is 11.8 Å². The number of fused-ring (bicyclic) bond motifs is 5. The van der Waals surface area contributed by atoms with Crippen molar-refractivity contribution in [3.8, 4) is 11.5 Å². The average molecular weight is 674 g/mol. The fourth-order valence-electron chi connectivity index (χ4n) is 12.6. The zero-order valence-corrected chi connectivity index (χ0v) is 28.5. The lowest BCUT2D eigenvalue weighted by atomic mass is 9.49. The van der Waals surface area contributed by atoms with E-state index in [4.69, 9.17) is 18.9 Å². The molecular weight excluding hydrogens is 622 g/mol. The quantitative estimate of drug-likeness (QED) is 0.253. The molecule has 4 saturated carbocycles. The van der Waals surface area contributed by atoms with Gasteiger partial charge in [0.1, 0.15) is 22.4 Å². The van der Waals surface area contributed by atoms with Crippen LogP contribution in [0.15, 0.2) is 18.2 Å². The topological polar surface area (TPSA) is 179 Å². The minimum atomic E-state index is -2.10. The highest BCUT2D eigenvalue weighted by atomic mass is 16.7. The number of methoxy groups -OCH3 is 2.